The van der Waals surface area contributed by atoms with Crippen molar-refractivity contribution in [3.05, 3.63) is 35.4 Å². The molecular formula is C35H51NO7. The van der Waals surface area contributed by atoms with E-state index in [9.17, 15) is 19.2 Å². The maximum atomic E-state index is 13.1. The van der Waals surface area contributed by atoms with E-state index < -0.39 is 40.9 Å². The summed E-state index contributed by atoms with van der Waals surface area (Å²) >= 11 is 0. The molecular weight excluding hydrogens is 546 g/mol. The van der Waals surface area contributed by atoms with Crippen molar-refractivity contribution in [3.8, 4) is 0 Å². The van der Waals surface area contributed by atoms with Gasteiger partial charge in [-0.3, -0.25) is 9.59 Å². The molecule has 0 aliphatic heterocycles. The molecule has 238 valence electrons. The average Bonchev–Trinajstić information content (AvgIpc) is 2.81. The Morgan fingerprint density at radius 1 is 0.860 bits per heavy atom. The summed E-state index contributed by atoms with van der Waals surface area (Å²) in [5.74, 6) is -1.59. The minimum absolute atomic E-state index is 0.00343. The molecule has 3 unspecified atom stereocenters. The molecule has 4 saturated carbocycles. The summed E-state index contributed by atoms with van der Waals surface area (Å²) < 4.78 is 11.1. The Labute approximate surface area is 256 Å². The van der Waals surface area contributed by atoms with Crippen molar-refractivity contribution in [2.75, 3.05) is 0 Å². The fourth-order valence-corrected chi connectivity index (χ4v) is 8.78. The van der Waals surface area contributed by atoms with E-state index in [0.717, 1.165) is 24.8 Å². The first-order chi connectivity index (χ1) is 19.8. The molecule has 43 heavy (non-hydrogen) atoms. The quantitative estimate of drug-likeness (QED) is 0.188. The third kappa shape index (κ3) is 9.05. The van der Waals surface area contributed by atoms with Crippen molar-refractivity contribution < 1.29 is 33.5 Å². The number of carbonyl (C=O) groups is 4. The highest BCUT2D eigenvalue weighted by Crippen LogP contribution is 2.70. The number of amides is 1. The third-order valence-electron chi connectivity index (χ3n) is 9.07. The smallest absolute Gasteiger partial charge is 0.338 e. The number of nitrogens with one attached hydrogen (secondary N) is 1. The molecule has 0 saturated heterocycles. The van der Waals surface area contributed by atoms with E-state index in [4.69, 9.17) is 14.3 Å². The molecule has 1 aromatic rings. The Balaban J connectivity index is 1.31. The van der Waals surface area contributed by atoms with Crippen LogP contribution in [0.5, 0.6) is 0 Å². The van der Waals surface area contributed by atoms with Crippen LogP contribution in [0.2, 0.25) is 0 Å². The second-order valence-corrected chi connectivity index (χ2v) is 16.5. The van der Waals surface area contributed by atoms with Gasteiger partial charge < -0.3 is 14.3 Å². The van der Waals surface area contributed by atoms with Crippen LogP contribution in [-0.2, 0) is 35.1 Å². The molecule has 0 radical (unpaired) electrons. The normalized spacial score (nSPS) is 28.6. The fraction of sp³-hybridized carbons (Fsp3) is 0.714. The molecule has 1 amide bonds. The van der Waals surface area contributed by atoms with Gasteiger partial charge in [-0.05, 0) is 133 Å². The Kier molecular flexibility index (Phi) is 9.12. The number of carbonyl (C=O) groups excluding carboxylic acids is 4. The number of rotatable bonds is 9. The number of esters is 2. The van der Waals surface area contributed by atoms with Gasteiger partial charge in [0.25, 0.3) is 5.91 Å². The summed E-state index contributed by atoms with van der Waals surface area (Å²) in [4.78, 5) is 56.3. The van der Waals surface area contributed by atoms with Crippen molar-refractivity contribution in [2.45, 2.75) is 131 Å². The van der Waals surface area contributed by atoms with Crippen molar-refractivity contribution in [1.82, 2.24) is 5.48 Å². The fourth-order valence-electron chi connectivity index (χ4n) is 8.78. The molecule has 3 atom stereocenters. The van der Waals surface area contributed by atoms with Gasteiger partial charge in [0.05, 0.1) is 17.9 Å². The van der Waals surface area contributed by atoms with Gasteiger partial charge in [0.2, 0.25) is 0 Å². The van der Waals surface area contributed by atoms with Crippen molar-refractivity contribution in [2.24, 2.45) is 28.1 Å². The van der Waals surface area contributed by atoms with Gasteiger partial charge in [0.15, 0.2) is 0 Å². The highest BCUT2D eigenvalue weighted by atomic mass is 16.7. The zero-order valence-electron chi connectivity index (χ0n) is 27.4. The van der Waals surface area contributed by atoms with E-state index in [0.29, 0.717) is 35.2 Å². The molecule has 4 aliphatic carbocycles. The topological polar surface area (TPSA) is 108 Å². The van der Waals surface area contributed by atoms with Crippen LogP contribution in [0.3, 0.4) is 0 Å². The van der Waals surface area contributed by atoms with Gasteiger partial charge in [-0.15, -0.1) is 0 Å². The van der Waals surface area contributed by atoms with Crippen LogP contribution in [0.1, 0.15) is 129 Å². The predicted octanol–water partition coefficient (Wildman–Crippen LogP) is 6.88. The molecule has 0 heterocycles. The molecule has 1 aromatic carbocycles. The summed E-state index contributed by atoms with van der Waals surface area (Å²) in [6.45, 7) is 15.6. The monoisotopic (exact) mass is 597 g/mol. The van der Waals surface area contributed by atoms with Crippen LogP contribution in [0.4, 0.5) is 0 Å². The lowest BCUT2D eigenvalue weighted by molar-refractivity contribution is -0.176. The van der Waals surface area contributed by atoms with Crippen LogP contribution in [-0.4, -0.2) is 35.0 Å². The summed E-state index contributed by atoms with van der Waals surface area (Å²) in [6.07, 6.45) is 7.77. The number of benzene rings is 1. The number of hydrogen-bond donors (Lipinski definition) is 1. The lowest BCUT2D eigenvalue weighted by atomic mass is 9.40. The molecule has 0 spiro atoms. The van der Waals surface area contributed by atoms with E-state index in [1.165, 1.54) is 19.3 Å². The van der Waals surface area contributed by atoms with Crippen molar-refractivity contribution in [3.63, 3.8) is 0 Å². The number of hydrogen-bond acceptors (Lipinski definition) is 7. The lowest BCUT2D eigenvalue weighted by Gasteiger charge is -2.65. The Morgan fingerprint density at radius 3 is 1.98 bits per heavy atom. The van der Waals surface area contributed by atoms with Gasteiger partial charge in [-0.2, -0.15) is 5.48 Å². The van der Waals surface area contributed by atoms with E-state index in [2.05, 4.69) is 19.3 Å². The Hall–Kier alpha value is -2.90. The van der Waals surface area contributed by atoms with Gasteiger partial charge in [0, 0.05) is 6.42 Å². The van der Waals surface area contributed by atoms with Crippen LogP contribution in [0.15, 0.2) is 24.3 Å². The molecule has 1 N–H and O–H groups in total. The van der Waals surface area contributed by atoms with Crippen molar-refractivity contribution >= 4 is 23.8 Å². The SMILES string of the molecule is CC12CC3CC(C)(C1)CC(CC(=O)ONC(=O)CCC(Cc1ccc(C(=O)OC(C)(C)C)cc1)C(=O)OC(C)(C)C)(C3)C2. The zero-order chi connectivity index (χ0) is 31.8. The van der Waals surface area contributed by atoms with Gasteiger partial charge in [-0.25, -0.2) is 9.59 Å². The lowest BCUT2D eigenvalue weighted by Crippen LogP contribution is -2.55. The Morgan fingerprint density at radius 2 is 1.44 bits per heavy atom. The summed E-state index contributed by atoms with van der Waals surface area (Å²) in [5, 5.41) is 0. The average molecular weight is 598 g/mol. The zero-order valence-corrected chi connectivity index (χ0v) is 27.4. The van der Waals surface area contributed by atoms with Crippen LogP contribution in [0.25, 0.3) is 0 Å². The van der Waals surface area contributed by atoms with E-state index in [1.807, 2.05) is 20.8 Å². The minimum Gasteiger partial charge on any atom is -0.460 e. The summed E-state index contributed by atoms with van der Waals surface area (Å²) in [7, 11) is 0. The standard InChI is InChI=1S/C35H51NO7/c1-31(2,3)41-29(39)25-11-9-23(10-12-25)15-26(30(40)42-32(4,5)6)13-14-27(37)36-43-28(38)19-35-18-24-16-33(7,21-35)20-34(8,17-24)22-35/h9-12,24,26H,13-22H2,1-8H3,(H,36,37). The van der Waals surface area contributed by atoms with Crippen molar-refractivity contribution in [1.29, 1.82) is 0 Å². The van der Waals surface area contributed by atoms with E-state index in [-0.39, 0.29) is 18.3 Å². The van der Waals surface area contributed by atoms with E-state index >= 15 is 0 Å². The first-order valence-corrected chi connectivity index (χ1v) is 15.8. The summed E-state index contributed by atoms with van der Waals surface area (Å²) in [6, 6.07) is 6.91. The highest BCUT2D eigenvalue weighted by Gasteiger charge is 2.60. The molecule has 8 heteroatoms. The molecule has 0 aromatic heterocycles. The Bertz CT molecular complexity index is 1200. The van der Waals surface area contributed by atoms with Crippen LogP contribution in [0, 0.1) is 28.1 Å². The van der Waals surface area contributed by atoms with Crippen LogP contribution < -0.4 is 5.48 Å². The predicted molar refractivity (Wildman–Crippen MR) is 163 cm³/mol. The molecule has 5 rings (SSSR count). The van der Waals surface area contributed by atoms with Gasteiger partial charge in [0.1, 0.15) is 11.2 Å². The van der Waals surface area contributed by atoms with Gasteiger partial charge in [-0.1, -0.05) is 26.0 Å². The maximum Gasteiger partial charge on any atom is 0.338 e. The summed E-state index contributed by atoms with van der Waals surface area (Å²) in [5.41, 5.74) is 2.86. The first-order valence-electron chi connectivity index (χ1n) is 15.8. The minimum atomic E-state index is -0.681. The second kappa shape index (κ2) is 11.9. The highest BCUT2D eigenvalue weighted by molar-refractivity contribution is 5.89. The van der Waals surface area contributed by atoms with Crippen LogP contribution >= 0.6 is 0 Å². The molecule has 8 nitrogen and oxygen atoms in total. The molecule has 4 bridgehead atoms. The largest absolute Gasteiger partial charge is 0.460 e. The first kappa shape index (κ1) is 33.0. The molecule has 4 aliphatic rings. The third-order valence-corrected chi connectivity index (χ3v) is 9.07. The number of ether oxygens (including phenoxy) is 2. The number of hydroxylamine groups is 1. The second-order valence-electron chi connectivity index (χ2n) is 16.5. The molecule has 4 fully saturated rings. The van der Waals surface area contributed by atoms with Gasteiger partial charge >= 0.3 is 17.9 Å². The van der Waals surface area contributed by atoms with E-state index in [1.54, 1.807) is 45.0 Å². The maximum absolute atomic E-state index is 13.1.